The number of imidazole rings is 1. The second kappa shape index (κ2) is 9.36. The first-order chi connectivity index (χ1) is 16.3. The highest BCUT2D eigenvalue weighted by Gasteiger charge is 2.24. The zero-order chi connectivity index (χ0) is 24.4. The number of hydrogen-bond donors (Lipinski definition) is 2. The third kappa shape index (κ3) is 4.23. The predicted molar refractivity (Wildman–Crippen MR) is 126 cm³/mol. The number of ether oxygens (including phenoxy) is 1. The lowest BCUT2D eigenvalue weighted by molar-refractivity contribution is 0.0997. The number of nitrogens with zero attached hydrogens (tertiary/aromatic N) is 5. The Morgan fingerprint density at radius 3 is 2.62 bits per heavy atom. The highest BCUT2D eigenvalue weighted by Crippen LogP contribution is 2.27. The minimum Gasteiger partial charge on any atom is -0.425 e. The summed E-state index contributed by atoms with van der Waals surface area (Å²) in [4.78, 5) is 48.2. The number of benzene rings is 1. The first-order valence-electron chi connectivity index (χ1n) is 10.8. The van der Waals surface area contributed by atoms with Crippen LogP contribution < -0.4 is 26.2 Å². The molecule has 2 aromatic heterocycles. The van der Waals surface area contributed by atoms with Gasteiger partial charge < -0.3 is 20.7 Å². The zero-order valence-electron chi connectivity index (χ0n) is 19.2. The number of anilines is 1. The highest BCUT2D eigenvalue weighted by atomic mass is 16.5. The summed E-state index contributed by atoms with van der Waals surface area (Å²) >= 11 is 0. The Hall–Kier alpha value is -4.17. The van der Waals surface area contributed by atoms with Crippen molar-refractivity contribution in [2.24, 2.45) is 12.8 Å². The maximum Gasteiger partial charge on any atom is 0.306 e. The molecule has 1 aromatic carbocycles. The standard InChI is InChI=1S/C23H25N7O4/c1-4-5-10-30-18-20(26-22(30)29-11-8-25-9-12-29)27-23(28(3)21(18)33)34-17-7-6-15(14(2)31)13-16(17)19(24)32/h6-7,13,25H,8-12H2,1-3H3,(H2,24,32). The molecule has 11 nitrogen and oxygen atoms in total. The summed E-state index contributed by atoms with van der Waals surface area (Å²) in [7, 11) is 1.52. The van der Waals surface area contributed by atoms with E-state index < -0.39 is 5.91 Å². The van der Waals surface area contributed by atoms with Crippen LogP contribution in [0.3, 0.4) is 0 Å². The van der Waals surface area contributed by atoms with Crippen molar-refractivity contribution < 1.29 is 14.3 Å². The van der Waals surface area contributed by atoms with Crippen molar-refractivity contribution in [3.05, 3.63) is 39.7 Å². The first kappa shape index (κ1) is 23.0. The number of Topliss-reactive ketones (excluding diaryl/α,β-unsaturated/α-hetero) is 1. The summed E-state index contributed by atoms with van der Waals surface area (Å²) in [6, 6.07) is 4.27. The SMILES string of the molecule is CC#CCn1c(N2CCNCC2)nc2nc(Oc3ccc(C(C)=O)cc3C(N)=O)n(C)c(=O)c21. The van der Waals surface area contributed by atoms with E-state index in [0.29, 0.717) is 23.6 Å². The lowest BCUT2D eigenvalue weighted by atomic mass is 10.1. The van der Waals surface area contributed by atoms with Gasteiger partial charge in [-0.2, -0.15) is 9.97 Å². The zero-order valence-corrected chi connectivity index (χ0v) is 19.2. The van der Waals surface area contributed by atoms with Crippen molar-refractivity contribution in [1.29, 1.82) is 0 Å². The number of carbonyl (C=O) groups excluding carboxylic acids is 2. The van der Waals surface area contributed by atoms with E-state index >= 15 is 0 Å². The maximum absolute atomic E-state index is 13.3. The van der Waals surface area contributed by atoms with Crippen molar-refractivity contribution in [2.75, 3.05) is 31.1 Å². The van der Waals surface area contributed by atoms with Crippen LogP contribution in [0.2, 0.25) is 0 Å². The molecule has 0 atom stereocenters. The molecule has 176 valence electrons. The molecule has 3 heterocycles. The molecule has 3 aromatic rings. The van der Waals surface area contributed by atoms with Gasteiger partial charge in [-0.25, -0.2) is 0 Å². The summed E-state index contributed by atoms with van der Waals surface area (Å²) in [6.07, 6.45) is 0. The Balaban J connectivity index is 1.84. The van der Waals surface area contributed by atoms with Crippen LogP contribution in [0.25, 0.3) is 11.2 Å². The van der Waals surface area contributed by atoms with E-state index in [1.807, 2.05) is 0 Å². The van der Waals surface area contributed by atoms with Crippen LogP contribution in [-0.4, -0.2) is 57.0 Å². The van der Waals surface area contributed by atoms with Crippen LogP contribution in [-0.2, 0) is 13.6 Å². The topological polar surface area (TPSA) is 137 Å². The summed E-state index contributed by atoms with van der Waals surface area (Å²) in [6.45, 7) is 6.48. The molecule has 3 N–H and O–H groups in total. The van der Waals surface area contributed by atoms with E-state index in [2.05, 4.69) is 32.0 Å². The molecule has 0 spiro atoms. The normalized spacial score (nSPS) is 13.4. The first-order valence-corrected chi connectivity index (χ1v) is 10.8. The fourth-order valence-corrected chi connectivity index (χ4v) is 3.76. The molecule has 4 rings (SSSR count). The third-order valence-corrected chi connectivity index (χ3v) is 5.59. The van der Waals surface area contributed by atoms with E-state index in [-0.39, 0.29) is 34.3 Å². The molecule has 1 saturated heterocycles. The van der Waals surface area contributed by atoms with Crippen LogP contribution in [0.5, 0.6) is 11.8 Å². The van der Waals surface area contributed by atoms with Crippen LogP contribution in [0.4, 0.5) is 5.95 Å². The van der Waals surface area contributed by atoms with Crippen molar-refractivity contribution in [3.63, 3.8) is 0 Å². The number of rotatable bonds is 6. The Morgan fingerprint density at radius 2 is 1.97 bits per heavy atom. The van der Waals surface area contributed by atoms with Gasteiger partial charge in [0.05, 0.1) is 12.1 Å². The smallest absolute Gasteiger partial charge is 0.306 e. The summed E-state index contributed by atoms with van der Waals surface area (Å²) < 4.78 is 8.85. The van der Waals surface area contributed by atoms with Gasteiger partial charge in [0.2, 0.25) is 5.95 Å². The molecule has 1 amide bonds. The second-order valence-corrected chi connectivity index (χ2v) is 7.83. The van der Waals surface area contributed by atoms with Gasteiger partial charge in [0, 0.05) is 38.8 Å². The average molecular weight is 463 g/mol. The molecule has 0 radical (unpaired) electrons. The van der Waals surface area contributed by atoms with Crippen LogP contribution in [0.1, 0.15) is 34.6 Å². The number of ketones is 1. The molecule has 0 aliphatic carbocycles. The predicted octanol–water partition coefficient (Wildman–Crippen LogP) is 0.657. The Labute approximate surface area is 195 Å². The van der Waals surface area contributed by atoms with Gasteiger partial charge >= 0.3 is 6.01 Å². The van der Waals surface area contributed by atoms with E-state index in [9.17, 15) is 14.4 Å². The lowest BCUT2D eigenvalue weighted by Gasteiger charge is -2.28. The van der Waals surface area contributed by atoms with Gasteiger partial charge in [-0.15, -0.1) is 5.92 Å². The number of primary amides is 1. The van der Waals surface area contributed by atoms with E-state index in [0.717, 1.165) is 26.2 Å². The van der Waals surface area contributed by atoms with Crippen LogP contribution in [0, 0.1) is 11.8 Å². The lowest BCUT2D eigenvalue weighted by Crippen LogP contribution is -2.44. The number of fused-ring (bicyclic) bond motifs is 1. The molecule has 11 heteroatoms. The Morgan fingerprint density at radius 1 is 1.24 bits per heavy atom. The van der Waals surface area contributed by atoms with Gasteiger partial charge in [0.25, 0.3) is 11.5 Å². The van der Waals surface area contributed by atoms with Crippen molar-refractivity contribution in [2.45, 2.75) is 20.4 Å². The Kier molecular flexibility index (Phi) is 6.34. The molecule has 0 bridgehead atoms. The molecule has 1 fully saturated rings. The van der Waals surface area contributed by atoms with E-state index in [4.69, 9.17) is 10.5 Å². The highest BCUT2D eigenvalue weighted by molar-refractivity contribution is 6.00. The number of carbonyl (C=O) groups is 2. The molecule has 34 heavy (non-hydrogen) atoms. The van der Waals surface area contributed by atoms with E-state index in [1.54, 1.807) is 11.5 Å². The van der Waals surface area contributed by atoms with Gasteiger partial charge in [-0.1, -0.05) is 5.92 Å². The van der Waals surface area contributed by atoms with Crippen molar-refractivity contribution >= 4 is 28.8 Å². The fourth-order valence-electron chi connectivity index (χ4n) is 3.76. The summed E-state index contributed by atoms with van der Waals surface area (Å²) in [5.74, 6) is 5.57. The summed E-state index contributed by atoms with van der Waals surface area (Å²) in [5, 5.41) is 3.30. The fraction of sp³-hybridized carbons (Fsp3) is 0.348. The average Bonchev–Trinajstić information content (AvgIpc) is 3.19. The third-order valence-electron chi connectivity index (χ3n) is 5.59. The molecule has 1 aliphatic heterocycles. The minimum absolute atomic E-state index is 0.00676. The molecule has 1 aliphatic rings. The molecular formula is C23H25N7O4. The van der Waals surface area contributed by atoms with Gasteiger partial charge in [0.15, 0.2) is 16.9 Å². The van der Waals surface area contributed by atoms with Gasteiger partial charge in [-0.3, -0.25) is 23.5 Å². The monoisotopic (exact) mass is 463 g/mol. The molecule has 0 unspecified atom stereocenters. The Bertz CT molecular complexity index is 1400. The number of piperazine rings is 1. The molecular weight excluding hydrogens is 438 g/mol. The van der Waals surface area contributed by atoms with E-state index in [1.165, 1.54) is 36.7 Å². The quantitative estimate of drug-likeness (QED) is 0.402. The van der Waals surface area contributed by atoms with Gasteiger partial charge in [-0.05, 0) is 32.0 Å². The van der Waals surface area contributed by atoms with Crippen molar-refractivity contribution in [3.8, 4) is 23.6 Å². The number of nitrogens with one attached hydrogen (secondary N) is 1. The maximum atomic E-state index is 13.3. The number of hydrogen-bond acceptors (Lipinski definition) is 8. The largest absolute Gasteiger partial charge is 0.425 e. The number of amides is 1. The van der Waals surface area contributed by atoms with Crippen LogP contribution >= 0.6 is 0 Å². The van der Waals surface area contributed by atoms with Gasteiger partial charge in [0.1, 0.15) is 5.75 Å². The number of nitrogens with two attached hydrogens (primary N) is 1. The second-order valence-electron chi connectivity index (χ2n) is 7.83. The summed E-state index contributed by atoms with van der Waals surface area (Å²) in [5.41, 5.74) is 5.97. The van der Waals surface area contributed by atoms with Crippen molar-refractivity contribution in [1.82, 2.24) is 24.4 Å². The molecule has 0 saturated carbocycles. The minimum atomic E-state index is -0.771. The number of aromatic nitrogens is 4. The van der Waals surface area contributed by atoms with Crippen LogP contribution in [0.15, 0.2) is 23.0 Å².